The SMILES string of the molecule is CCc1ccc(C(C)NC(=O)CN(c2ccc(C)c(C)c2)S(=O)(=O)c2ccc(Cl)cc2)cc1. The molecule has 0 heterocycles. The van der Waals surface area contributed by atoms with Crippen LogP contribution in [0.2, 0.25) is 5.02 Å². The van der Waals surface area contributed by atoms with Crippen LogP contribution in [0.5, 0.6) is 0 Å². The first-order valence-electron chi connectivity index (χ1n) is 10.9. The third-order valence-electron chi connectivity index (χ3n) is 5.73. The number of hydrogen-bond donors (Lipinski definition) is 1. The number of halogens is 1. The molecule has 0 saturated carbocycles. The van der Waals surface area contributed by atoms with Gasteiger partial charge in [0.15, 0.2) is 0 Å². The summed E-state index contributed by atoms with van der Waals surface area (Å²) in [6, 6.07) is 19.1. The molecule has 0 aromatic heterocycles. The number of nitrogens with zero attached hydrogens (tertiary/aromatic N) is 1. The van der Waals surface area contributed by atoms with Crippen LogP contribution in [0.4, 0.5) is 5.69 Å². The minimum Gasteiger partial charge on any atom is -0.348 e. The van der Waals surface area contributed by atoms with Crippen LogP contribution >= 0.6 is 11.6 Å². The van der Waals surface area contributed by atoms with Crippen molar-refractivity contribution >= 4 is 33.2 Å². The summed E-state index contributed by atoms with van der Waals surface area (Å²) in [4.78, 5) is 13.0. The van der Waals surface area contributed by atoms with Crippen molar-refractivity contribution in [3.63, 3.8) is 0 Å². The molecule has 3 aromatic carbocycles. The molecule has 0 bridgehead atoms. The summed E-state index contributed by atoms with van der Waals surface area (Å²) < 4.78 is 28.2. The molecule has 0 aliphatic carbocycles. The van der Waals surface area contributed by atoms with Gasteiger partial charge >= 0.3 is 0 Å². The third-order valence-corrected chi connectivity index (χ3v) is 7.77. The van der Waals surface area contributed by atoms with E-state index in [-0.39, 0.29) is 17.5 Å². The molecule has 5 nitrogen and oxygen atoms in total. The maximum absolute atomic E-state index is 13.5. The number of rotatable bonds is 8. The lowest BCUT2D eigenvalue weighted by atomic mass is 10.1. The summed E-state index contributed by atoms with van der Waals surface area (Å²) in [6.45, 7) is 7.49. The van der Waals surface area contributed by atoms with Crippen molar-refractivity contribution in [3.05, 3.63) is 94.0 Å². The van der Waals surface area contributed by atoms with Gasteiger partial charge in [-0.05, 0) is 85.8 Å². The van der Waals surface area contributed by atoms with Gasteiger partial charge in [0.25, 0.3) is 10.0 Å². The molecule has 0 fully saturated rings. The third kappa shape index (κ3) is 5.95. The van der Waals surface area contributed by atoms with Crippen molar-refractivity contribution in [1.29, 1.82) is 0 Å². The van der Waals surface area contributed by atoms with Gasteiger partial charge in [-0.3, -0.25) is 9.10 Å². The average molecular weight is 485 g/mol. The number of sulfonamides is 1. The Hall–Kier alpha value is -2.83. The fraction of sp³-hybridized carbons (Fsp3) is 0.269. The summed E-state index contributed by atoms with van der Waals surface area (Å²) in [5.74, 6) is -0.391. The first-order chi connectivity index (χ1) is 15.6. The van der Waals surface area contributed by atoms with Crippen LogP contribution < -0.4 is 9.62 Å². The first-order valence-corrected chi connectivity index (χ1v) is 12.7. The lowest BCUT2D eigenvalue weighted by molar-refractivity contribution is -0.120. The van der Waals surface area contributed by atoms with E-state index in [1.807, 2.05) is 51.1 Å². The van der Waals surface area contributed by atoms with Gasteiger partial charge in [0.05, 0.1) is 16.6 Å². The van der Waals surface area contributed by atoms with Crippen LogP contribution in [-0.2, 0) is 21.2 Å². The van der Waals surface area contributed by atoms with E-state index >= 15 is 0 Å². The second-order valence-corrected chi connectivity index (χ2v) is 10.4. The van der Waals surface area contributed by atoms with Crippen molar-refractivity contribution in [3.8, 4) is 0 Å². The molecule has 0 aliphatic rings. The van der Waals surface area contributed by atoms with E-state index in [2.05, 4.69) is 12.2 Å². The van der Waals surface area contributed by atoms with Gasteiger partial charge in [-0.2, -0.15) is 0 Å². The van der Waals surface area contributed by atoms with Crippen molar-refractivity contribution in [2.45, 2.75) is 45.1 Å². The van der Waals surface area contributed by atoms with Crippen molar-refractivity contribution in [2.24, 2.45) is 0 Å². The van der Waals surface area contributed by atoms with Gasteiger partial charge < -0.3 is 5.32 Å². The molecule has 0 spiro atoms. The number of nitrogens with one attached hydrogen (secondary N) is 1. The highest BCUT2D eigenvalue weighted by molar-refractivity contribution is 7.92. The summed E-state index contributed by atoms with van der Waals surface area (Å²) in [5.41, 5.74) is 4.58. The highest BCUT2D eigenvalue weighted by Gasteiger charge is 2.28. The number of anilines is 1. The second-order valence-electron chi connectivity index (χ2n) is 8.12. The molecule has 3 aromatic rings. The van der Waals surface area contributed by atoms with E-state index in [1.54, 1.807) is 12.1 Å². The second kappa shape index (κ2) is 10.4. The van der Waals surface area contributed by atoms with Crippen LogP contribution in [0.25, 0.3) is 0 Å². The summed E-state index contributed by atoms with van der Waals surface area (Å²) >= 11 is 5.94. The van der Waals surface area contributed by atoms with E-state index in [9.17, 15) is 13.2 Å². The Bertz CT molecular complexity index is 1220. The molecular formula is C26H29ClN2O3S. The van der Waals surface area contributed by atoms with Gasteiger partial charge in [-0.15, -0.1) is 0 Å². The molecule has 1 amide bonds. The summed E-state index contributed by atoms with van der Waals surface area (Å²) in [5, 5.41) is 3.36. The van der Waals surface area contributed by atoms with Gasteiger partial charge in [-0.25, -0.2) is 8.42 Å². The highest BCUT2D eigenvalue weighted by Crippen LogP contribution is 2.26. The molecule has 0 radical (unpaired) electrons. The predicted octanol–water partition coefficient (Wildman–Crippen LogP) is 5.59. The Morgan fingerprint density at radius 3 is 2.18 bits per heavy atom. The Kier molecular flexibility index (Phi) is 7.82. The standard InChI is InChI=1S/C26H29ClN2O3S/c1-5-21-7-9-22(10-8-21)20(4)28-26(30)17-29(24-13-6-18(2)19(3)16-24)33(31,32)25-14-11-23(27)12-15-25/h6-16,20H,5,17H2,1-4H3,(H,28,30). The lowest BCUT2D eigenvalue weighted by Crippen LogP contribution is -2.41. The number of benzene rings is 3. The van der Waals surface area contributed by atoms with E-state index in [0.717, 1.165) is 27.4 Å². The number of carbonyl (C=O) groups is 1. The molecule has 0 saturated heterocycles. The normalized spacial score (nSPS) is 12.3. The summed E-state index contributed by atoms with van der Waals surface area (Å²) in [7, 11) is -3.99. The number of amides is 1. The van der Waals surface area contributed by atoms with Crippen molar-refractivity contribution in [1.82, 2.24) is 5.32 Å². The first kappa shape index (κ1) is 24.8. The predicted molar refractivity (Wildman–Crippen MR) is 134 cm³/mol. The molecule has 0 aliphatic heterocycles. The zero-order chi connectivity index (χ0) is 24.2. The molecule has 174 valence electrons. The van der Waals surface area contributed by atoms with E-state index < -0.39 is 15.9 Å². The highest BCUT2D eigenvalue weighted by atomic mass is 35.5. The van der Waals surface area contributed by atoms with Crippen LogP contribution in [0.1, 0.15) is 42.1 Å². The summed E-state index contributed by atoms with van der Waals surface area (Å²) in [6.07, 6.45) is 0.939. The smallest absolute Gasteiger partial charge is 0.264 e. The number of carbonyl (C=O) groups excluding carboxylic acids is 1. The van der Waals surface area contributed by atoms with Gasteiger partial charge in [0.2, 0.25) is 5.91 Å². The van der Waals surface area contributed by atoms with Gasteiger partial charge in [-0.1, -0.05) is 48.9 Å². The monoisotopic (exact) mass is 484 g/mol. The number of hydrogen-bond acceptors (Lipinski definition) is 3. The molecule has 33 heavy (non-hydrogen) atoms. The molecule has 3 rings (SSSR count). The quantitative estimate of drug-likeness (QED) is 0.453. The molecular weight excluding hydrogens is 456 g/mol. The maximum atomic E-state index is 13.5. The lowest BCUT2D eigenvalue weighted by Gasteiger charge is -2.26. The van der Waals surface area contributed by atoms with Gasteiger partial charge in [0, 0.05) is 5.02 Å². The zero-order valence-electron chi connectivity index (χ0n) is 19.3. The van der Waals surface area contributed by atoms with E-state index in [1.165, 1.54) is 29.8 Å². The Balaban J connectivity index is 1.89. The van der Waals surface area contributed by atoms with Crippen molar-refractivity contribution in [2.75, 3.05) is 10.8 Å². The van der Waals surface area contributed by atoms with E-state index in [4.69, 9.17) is 11.6 Å². The van der Waals surface area contributed by atoms with Crippen LogP contribution in [0.3, 0.4) is 0 Å². The van der Waals surface area contributed by atoms with Gasteiger partial charge in [0.1, 0.15) is 6.54 Å². The minimum atomic E-state index is -3.99. The Morgan fingerprint density at radius 2 is 1.61 bits per heavy atom. The Labute approximate surface area is 201 Å². The topological polar surface area (TPSA) is 66.5 Å². The fourth-order valence-corrected chi connectivity index (χ4v) is 5.01. The van der Waals surface area contributed by atoms with Crippen LogP contribution in [0, 0.1) is 13.8 Å². The average Bonchev–Trinajstić information content (AvgIpc) is 2.79. The van der Waals surface area contributed by atoms with E-state index in [0.29, 0.717) is 10.7 Å². The Morgan fingerprint density at radius 1 is 0.970 bits per heavy atom. The minimum absolute atomic E-state index is 0.0705. The van der Waals surface area contributed by atoms with Crippen LogP contribution in [0.15, 0.2) is 71.6 Å². The maximum Gasteiger partial charge on any atom is 0.264 e. The molecule has 1 N–H and O–H groups in total. The zero-order valence-corrected chi connectivity index (χ0v) is 20.9. The molecule has 1 unspecified atom stereocenters. The number of aryl methyl sites for hydroxylation is 3. The molecule has 7 heteroatoms. The van der Waals surface area contributed by atoms with Crippen molar-refractivity contribution < 1.29 is 13.2 Å². The molecule has 1 atom stereocenters. The fourth-order valence-electron chi connectivity index (χ4n) is 3.47. The largest absolute Gasteiger partial charge is 0.348 e. The van der Waals surface area contributed by atoms with Crippen LogP contribution in [-0.4, -0.2) is 20.9 Å².